The quantitative estimate of drug-likeness (QED) is 0.502. The van der Waals surface area contributed by atoms with Crippen LogP contribution in [0.2, 0.25) is 0 Å². The van der Waals surface area contributed by atoms with E-state index < -0.39 is 0 Å². The molecule has 0 bridgehead atoms. The second-order valence-corrected chi connectivity index (χ2v) is 9.21. The fourth-order valence-electron chi connectivity index (χ4n) is 3.81. The molecule has 0 amide bonds. The van der Waals surface area contributed by atoms with Crippen molar-refractivity contribution in [2.75, 3.05) is 0 Å². The van der Waals surface area contributed by atoms with Crippen LogP contribution >= 0.6 is 0 Å². The number of phenols is 1. The van der Waals surface area contributed by atoms with Gasteiger partial charge < -0.3 is 10.1 Å². The summed E-state index contributed by atoms with van der Waals surface area (Å²) in [6.45, 7) is 9.46. The summed E-state index contributed by atoms with van der Waals surface area (Å²) in [6, 6.07) is 16.2. The third kappa shape index (κ3) is 4.69. The van der Waals surface area contributed by atoms with Gasteiger partial charge in [-0.1, -0.05) is 58.0 Å². The minimum atomic E-state index is 0.245. The Morgan fingerprint density at radius 3 is 2.12 bits per heavy atom. The number of phenolic OH excluding ortho intramolecular Hbond substituents is 1. The Kier molecular flexibility index (Phi) is 5.13. The molecule has 0 unspecified atom stereocenters. The summed E-state index contributed by atoms with van der Waals surface area (Å²) >= 11 is 0. The molecule has 3 aromatic rings. The van der Waals surface area contributed by atoms with Gasteiger partial charge in [0, 0.05) is 17.1 Å². The van der Waals surface area contributed by atoms with E-state index >= 15 is 0 Å². The lowest BCUT2D eigenvalue weighted by molar-refractivity contribution is 0.237. The summed E-state index contributed by atoms with van der Waals surface area (Å²) in [5, 5.41) is 10.8. The van der Waals surface area contributed by atoms with Crippen LogP contribution in [0.3, 0.4) is 0 Å². The maximum absolute atomic E-state index is 9.46. The van der Waals surface area contributed by atoms with Crippen molar-refractivity contribution in [1.29, 1.82) is 0 Å². The lowest BCUT2D eigenvalue weighted by Crippen LogP contribution is -2.22. The van der Waals surface area contributed by atoms with Gasteiger partial charge in [-0.05, 0) is 65.8 Å². The number of benzene rings is 2. The van der Waals surface area contributed by atoms with Gasteiger partial charge in [0.05, 0.1) is 0 Å². The molecule has 2 nitrogen and oxygen atoms in total. The number of hydrogen-bond donors (Lipinski definition) is 2. The maximum atomic E-state index is 9.46. The zero-order valence-corrected chi connectivity index (χ0v) is 16.5. The number of fused-ring (bicyclic) bond motifs is 1. The van der Waals surface area contributed by atoms with Crippen molar-refractivity contribution >= 4 is 10.9 Å². The summed E-state index contributed by atoms with van der Waals surface area (Å²) in [5.74, 6) is 0.339. The highest BCUT2D eigenvalue weighted by Gasteiger charge is 2.26. The Labute approximate surface area is 157 Å². The molecule has 1 aromatic heterocycles. The van der Waals surface area contributed by atoms with E-state index in [1.165, 1.54) is 34.9 Å². The first-order chi connectivity index (χ1) is 12.2. The predicted molar refractivity (Wildman–Crippen MR) is 111 cm³/mol. The molecule has 0 atom stereocenters. The van der Waals surface area contributed by atoms with E-state index in [2.05, 4.69) is 63.1 Å². The average molecular weight is 350 g/mol. The SMILES string of the molecule is CC(C)(CCC(C)(C)Cc1c[nH]c2ccccc12)Cc1ccc(O)cc1. The van der Waals surface area contributed by atoms with Crippen molar-refractivity contribution in [3.05, 3.63) is 65.9 Å². The number of H-pyrrole nitrogens is 1. The predicted octanol–water partition coefficient (Wildman–Crippen LogP) is 6.49. The summed E-state index contributed by atoms with van der Waals surface area (Å²) in [5.41, 5.74) is 4.45. The van der Waals surface area contributed by atoms with E-state index in [-0.39, 0.29) is 10.8 Å². The molecule has 0 aliphatic heterocycles. The van der Waals surface area contributed by atoms with E-state index in [0.717, 1.165) is 12.8 Å². The first kappa shape index (κ1) is 18.6. The van der Waals surface area contributed by atoms with Gasteiger partial charge in [-0.2, -0.15) is 0 Å². The van der Waals surface area contributed by atoms with Crippen LogP contribution in [-0.4, -0.2) is 10.1 Å². The summed E-state index contributed by atoms with van der Waals surface area (Å²) in [6.07, 6.45) is 6.68. The Balaban J connectivity index is 1.62. The zero-order valence-electron chi connectivity index (χ0n) is 16.5. The number of rotatable bonds is 7. The van der Waals surface area contributed by atoms with Gasteiger partial charge in [0.2, 0.25) is 0 Å². The van der Waals surface area contributed by atoms with Crippen molar-refractivity contribution in [3.63, 3.8) is 0 Å². The molecule has 2 N–H and O–H groups in total. The average Bonchev–Trinajstić information content (AvgIpc) is 2.98. The normalized spacial score (nSPS) is 12.6. The van der Waals surface area contributed by atoms with Gasteiger partial charge >= 0.3 is 0 Å². The van der Waals surface area contributed by atoms with Crippen LogP contribution in [0.25, 0.3) is 10.9 Å². The van der Waals surface area contributed by atoms with Gasteiger partial charge in [-0.25, -0.2) is 0 Å². The topological polar surface area (TPSA) is 36.0 Å². The molecule has 138 valence electrons. The molecular formula is C24H31NO. The zero-order chi connectivity index (χ0) is 18.8. The molecule has 0 aliphatic rings. The van der Waals surface area contributed by atoms with Crippen molar-refractivity contribution in [2.24, 2.45) is 10.8 Å². The fourth-order valence-corrected chi connectivity index (χ4v) is 3.81. The van der Waals surface area contributed by atoms with Crippen LogP contribution in [0.5, 0.6) is 5.75 Å². The van der Waals surface area contributed by atoms with Gasteiger partial charge in [0.25, 0.3) is 0 Å². The standard InChI is InChI=1S/C24H31NO/c1-23(2,15-18-9-11-20(26)12-10-18)13-14-24(3,4)16-19-17-25-22-8-6-5-7-21(19)22/h5-12,17,25-26H,13-16H2,1-4H3. The molecule has 0 fully saturated rings. The number of aromatic amines is 1. The minimum Gasteiger partial charge on any atom is -0.508 e. The highest BCUT2D eigenvalue weighted by atomic mass is 16.3. The minimum absolute atomic E-state index is 0.245. The van der Waals surface area contributed by atoms with Crippen molar-refractivity contribution in [1.82, 2.24) is 4.98 Å². The molecule has 0 aliphatic carbocycles. The summed E-state index contributed by atoms with van der Waals surface area (Å²) < 4.78 is 0. The maximum Gasteiger partial charge on any atom is 0.115 e. The second-order valence-electron chi connectivity index (χ2n) is 9.21. The molecule has 2 heteroatoms. The molecule has 0 spiro atoms. The number of hydrogen-bond acceptors (Lipinski definition) is 1. The van der Waals surface area contributed by atoms with E-state index in [9.17, 15) is 5.11 Å². The molecule has 1 heterocycles. The van der Waals surface area contributed by atoms with Gasteiger partial charge in [0.1, 0.15) is 5.75 Å². The molecule has 3 rings (SSSR count). The van der Waals surface area contributed by atoms with E-state index in [4.69, 9.17) is 0 Å². The number of aromatic hydroxyl groups is 1. The summed E-state index contributed by atoms with van der Waals surface area (Å²) in [7, 11) is 0. The van der Waals surface area contributed by atoms with Gasteiger partial charge in [0.15, 0.2) is 0 Å². The first-order valence-electron chi connectivity index (χ1n) is 9.57. The number of nitrogens with one attached hydrogen (secondary N) is 1. The monoisotopic (exact) mass is 349 g/mol. The number of para-hydroxylation sites is 1. The van der Waals surface area contributed by atoms with Crippen LogP contribution in [0, 0.1) is 10.8 Å². The lowest BCUT2D eigenvalue weighted by atomic mass is 9.74. The van der Waals surface area contributed by atoms with Crippen molar-refractivity contribution < 1.29 is 5.11 Å². The fraction of sp³-hybridized carbons (Fsp3) is 0.417. The largest absolute Gasteiger partial charge is 0.508 e. The van der Waals surface area contributed by atoms with Crippen LogP contribution in [-0.2, 0) is 12.8 Å². The van der Waals surface area contributed by atoms with E-state index in [0.29, 0.717) is 5.75 Å². The highest BCUT2D eigenvalue weighted by molar-refractivity contribution is 5.83. The molecule has 0 saturated carbocycles. The molecular weight excluding hydrogens is 318 g/mol. The van der Waals surface area contributed by atoms with Gasteiger partial charge in [-0.3, -0.25) is 0 Å². The van der Waals surface area contributed by atoms with Gasteiger partial charge in [-0.15, -0.1) is 0 Å². The third-order valence-electron chi connectivity index (χ3n) is 5.44. The van der Waals surface area contributed by atoms with Crippen LogP contribution in [0.15, 0.2) is 54.7 Å². The molecule has 0 saturated heterocycles. The van der Waals surface area contributed by atoms with E-state index in [1.54, 1.807) is 12.1 Å². The second kappa shape index (κ2) is 7.19. The van der Waals surface area contributed by atoms with E-state index in [1.807, 2.05) is 12.1 Å². The molecule has 0 radical (unpaired) electrons. The Morgan fingerprint density at radius 1 is 0.808 bits per heavy atom. The summed E-state index contributed by atoms with van der Waals surface area (Å²) in [4.78, 5) is 3.40. The Morgan fingerprint density at radius 2 is 1.42 bits per heavy atom. The first-order valence-corrected chi connectivity index (χ1v) is 9.57. The number of aromatic nitrogens is 1. The lowest BCUT2D eigenvalue weighted by Gasteiger charge is -2.31. The Hall–Kier alpha value is -2.22. The molecule has 26 heavy (non-hydrogen) atoms. The van der Waals surface area contributed by atoms with Crippen molar-refractivity contribution in [3.8, 4) is 5.75 Å². The molecule has 2 aromatic carbocycles. The van der Waals surface area contributed by atoms with Crippen LogP contribution in [0.1, 0.15) is 51.7 Å². The van der Waals surface area contributed by atoms with Crippen molar-refractivity contribution in [2.45, 2.75) is 53.4 Å². The smallest absolute Gasteiger partial charge is 0.115 e. The van der Waals surface area contributed by atoms with Crippen LogP contribution in [0.4, 0.5) is 0 Å². The van der Waals surface area contributed by atoms with Crippen LogP contribution < -0.4 is 0 Å². The Bertz CT molecular complexity index is 855. The highest BCUT2D eigenvalue weighted by Crippen LogP contribution is 2.36. The third-order valence-corrected chi connectivity index (χ3v) is 5.44.